The minimum absolute atomic E-state index is 0.255. The molecule has 1 aromatic heterocycles. The van der Waals surface area contributed by atoms with Gasteiger partial charge in [0.25, 0.3) is 0 Å². The van der Waals surface area contributed by atoms with Gasteiger partial charge in [0, 0.05) is 6.07 Å². The van der Waals surface area contributed by atoms with Crippen LogP contribution in [0.3, 0.4) is 0 Å². The zero-order valence-electron chi connectivity index (χ0n) is 24.6. The molecule has 6 aromatic rings. The van der Waals surface area contributed by atoms with Crippen LogP contribution < -0.4 is 4.57 Å². The minimum atomic E-state index is 0.255. The second kappa shape index (κ2) is 9.56. The van der Waals surface area contributed by atoms with Crippen LogP contribution in [0.2, 0.25) is 0 Å². The fourth-order valence-electron chi connectivity index (χ4n) is 6.75. The Balaban J connectivity index is 1.52. The molecule has 41 heavy (non-hydrogen) atoms. The van der Waals surface area contributed by atoms with E-state index in [1.807, 2.05) is 0 Å². The Kier molecular flexibility index (Phi) is 5.94. The summed E-state index contributed by atoms with van der Waals surface area (Å²) in [7, 11) is 2.17. The van der Waals surface area contributed by atoms with Gasteiger partial charge in [-0.15, -0.1) is 0 Å². The third-order valence-corrected chi connectivity index (χ3v) is 8.50. The maximum Gasteiger partial charge on any atom is 0.220 e. The SMILES string of the molecule is Cc1cc2c(cc1-c1c3ccc(CC(C)(C)C)cc3cc[n+]1C)-c1ccccc1-c1ccccc1-c1ccccc1-2. The Labute approximate surface area is 243 Å². The Morgan fingerprint density at radius 2 is 1.02 bits per heavy atom. The fraction of sp³-hybridized carbons (Fsp3) is 0.175. The van der Waals surface area contributed by atoms with Gasteiger partial charge in [-0.3, -0.25) is 0 Å². The molecule has 0 atom stereocenters. The summed E-state index contributed by atoms with van der Waals surface area (Å²) in [5, 5.41) is 2.59. The average molecular weight is 531 g/mol. The van der Waals surface area contributed by atoms with Crippen LogP contribution in [-0.2, 0) is 13.5 Å². The molecule has 0 N–H and O–H groups in total. The molecular weight excluding hydrogens is 494 g/mol. The third-order valence-electron chi connectivity index (χ3n) is 8.50. The van der Waals surface area contributed by atoms with Crippen molar-refractivity contribution in [3.8, 4) is 55.8 Å². The Morgan fingerprint density at radius 1 is 0.537 bits per heavy atom. The van der Waals surface area contributed by atoms with E-state index in [2.05, 4.69) is 155 Å². The fourth-order valence-corrected chi connectivity index (χ4v) is 6.75. The van der Waals surface area contributed by atoms with Crippen LogP contribution in [0.25, 0.3) is 66.5 Å². The van der Waals surface area contributed by atoms with Crippen LogP contribution in [0.5, 0.6) is 0 Å². The second-order valence-corrected chi connectivity index (χ2v) is 12.8. The van der Waals surface area contributed by atoms with Gasteiger partial charge in [-0.2, -0.15) is 0 Å². The molecule has 5 aromatic carbocycles. The number of hydrogen-bond acceptors (Lipinski definition) is 0. The predicted octanol–water partition coefficient (Wildman–Crippen LogP) is 10.2. The summed E-state index contributed by atoms with van der Waals surface area (Å²) in [4.78, 5) is 0. The summed E-state index contributed by atoms with van der Waals surface area (Å²) in [6.07, 6.45) is 3.28. The first-order valence-electron chi connectivity index (χ1n) is 14.6. The van der Waals surface area contributed by atoms with Crippen molar-refractivity contribution in [1.82, 2.24) is 0 Å². The molecular formula is C40H36N+. The van der Waals surface area contributed by atoms with E-state index >= 15 is 0 Å². The van der Waals surface area contributed by atoms with E-state index in [9.17, 15) is 0 Å². The molecule has 7 rings (SSSR count). The number of hydrogen-bond donors (Lipinski definition) is 0. The lowest BCUT2D eigenvalue weighted by Gasteiger charge is -2.24. The highest BCUT2D eigenvalue weighted by Crippen LogP contribution is 2.49. The first-order valence-corrected chi connectivity index (χ1v) is 14.6. The van der Waals surface area contributed by atoms with Crippen molar-refractivity contribution in [3.63, 3.8) is 0 Å². The van der Waals surface area contributed by atoms with Gasteiger partial charge in [0.15, 0.2) is 6.20 Å². The van der Waals surface area contributed by atoms with E-state index in [0.29, 0.717) is 0 Å². The van der Waals surface area contributed by atoms with E-state index in [0.717, 1.165) is 6.42 Å². The molecule has 0 aliphatic heterocycles. The summed E-state index contributed by atoms with van der Waals surface area (Å²) < 4.78 is 2.29. The molecule has 0 fully saturated rings. The highest BCUT2D eigenvalue weighted by atomic mass is 14.9. The molecule has 0 saturated carbocycles. The van der Waals surface area contributed by atoms with Crippen LogP contribution in [0.1, 0.15) is 31.9 Å². The van der Waals surface area contributed by atoms with Crippen LogP contribution in [0.15, 0.2) is 115 Å². The molecule has 1 heteroatoms. The number of pyridine rings is 1. The zero-order chi connectivity index (χ0) is 28.3. The normalized spacial score (nSPS) is 12.1. The molecule has 1 nitrogen and oxygen atoms in total. The smallest absolute Gasteiger partial charge is 0.200 e. The first kappa shape index (κ1) is 25.5. The number of aryl methyl sites for hydroxylation is 2. The minimum Gasteiger partial charge on any atom is -0.200 e. The van der Waals surface area contributed by atoms with E-state index in [1.165, 1.54) is 77.7 Å². The molecule has 0 unspecified atom stereocenters. The molecule has 1 aliphatic rings. The maximum absolute atomic E-state index is 2.45. The van der Waals surface area contributed by atoms with E-state index < -0.39 is 0 Å². The summed E-state index contributed by atoms with van der Waals surface area (Å²) in [6, 6.07) is 40.8. The van der Waals surface area contributed by atoms with Crippen molar-refractivity contribution in [2.45, 2.75) is 34.1 Å². The van der Waals surface area contributed by atoms with E-state index in [4.69, 9.17) is 0 Å². The van der Waals surface area contributed by atoms with Crippen LogP contribution in [0, 0.1) is 12.3 Å². The van der Waals surface area contributed by atoms with Gasteiger partial charge in [0.1, 0.15) is 7.05 Å². The molecule has 1 heterocycles. The van der Waals surface area contributed by atoms with Crippen molar-refractivity contribution in [1.29, 1.82) is 0 Å². The van der Waals surface area contributed by atoms with Crippen molar-refractivity contribution in [2.75, 3.05) is 0 Å². The van der Waals surface area contributed by atoms with Gasteiger partial charge >= 0.3 is 0 Å². The molecule has 0 amide bonds. The van der Waals surface area contributed by atoms with Gasteiger partial charge in [-0.1, -0.05) is 106 Å². The topological polar surface area (TPSA) is 3.88 Å². The van der Waals surface area contributed by atoms with E-state index in [1.54, 1.807) is 0 Å². The van der Waals surface area contributed by atoms with Crippen LogP contribution >= 0.6 is 0 Å². The number of fused-ring (bicyclic) bond motifs is 9. The Hall–Kier alpha value is -4.49. The molecule has 200 valence electrons. The van der Waals surface area contributed by atoms with Crippen molar-refractivity contribution >= 4 is 10.8 Å². The lowest BCUT2D eigenvalue weighted by molar-refractivity contribution is -0.659. The Morgan fingerprint density at radius 3 is 1.54 bits per heavy atom. The number of aromatic nitrogens is 1. The van der Waals surface area contributed by atoms with Gasteiger partial charge in [0.05, 0.1) is 10.9 Å². The third kappa shape index (κ3) is 4.37. The highest BCUT2D eigenvalue weighted by molar-refractivity contribution is 6.05. The van der Waals surface area contributed by atoms with Gasteiger partial charge in [-0.25, -0.2) is 4.57 Å². The summed E-state index contributed by atoms with van der Waals surface area (Å²) in [5.74, 6) is 0. The number of nitrogens with zero attached hydrogens (tertiary/aromatic N) is 1. The Bertz CT molecular complexity index is 1970. The van der Waals surface area contributed by atoms with E-state index in [-0.39, 0.29) is 5.41 Å². The molecule has 0 saturated heterocycles. The van der Waals surface area contributed by atoms with Gasteiger partial charge in [0.2, 0.25) is 5.69 Å². The first-order chi connectivity index (χ1) is 19.8. The summed E-state index contributed by atoms with van der Waals surface area (Å²) in [6.45, 7) is 9.19. The maximum atomic E-state index is 2.45. The van der Waals surface area contributed by atoms with Crippen LogP contribution in [-0.4, -0.2) is 0 Å². The quantitative estimate of drug-likeness (QED) is 0.196. The molecule has 0 spiro atoms. The summed E-state index contributed by atoms with van der Waals surface area (Å²) in [5.41, 5.74) is 15.7. The standard InChI is InChI=1S/C40H36N/c1-26-22-37-34-16-10-8-14-32(34)30-12-6-7-13-31(30)33-15-9-11-17-35(33)38(37)24-36(26)39-29-19-18-27(25-40(2,3)4)23-28(29)20-21-41(39)5/h6-24H,25H2,1-5H3/q+1. The average Bonchev–Trinajstić information content (AvgIpc) is 2.96. The molecule has 1 aliphatic carbocycles. The number of rotatable bonds is 2. The van der Waals surface area contributed by atoms with Gasteiger partial charge in [-0.05, 0) is 98.0 Å². The molecule has 0 bridgehead atoms. The zero-order valence-corrected chi connectivity index (χ0v) is 24.6. The predicted molar refractivity (Wildman–Crippen MR) is 174 cm³/mol. The largest absolute Gasteiger partial charge is 0.220 e. The lowest BCUT2D eigenvalue weighted by Crippen LogP contribution is -2.30. The van der Waals surface area contributed by atoms with Crippen molar-refractivity contribution in [3.05, 3.63) is 127 Å². The monoisotopic (exact) mass is 530 g/mol. The van der Waals surface area contributed by atoms with Crippen molar-refractivity contribution < 1.29 is 4.57 Å². The summed E-state index contributed by atoms with van der Waals surface area (Å²) >= 11 is 0. The lowest BCUT2D eigenvalue weighted by atomic mass is 9.79. The number of benzene rings is 5. The molecule has 0 radical (unpaired) electrons. The van der Waals surface area contributed by atoms with Gasteiger partial charge < -0.3 is 0 Å². The second-order valence-electron chi connectivity index (χ2n) is 12.8. The van der Waals surface area contributed by atoms with Crippen LogP contribution in [0.4, 0.5) is 0 Å². The highest BCUT2D eigenvalue weighted by Gasteiger charge is 2.25. The van der Waals surface area contributed by atoms with Crippen molar-refractivity contribution in [2.24, 2.45) is 12.5 Å².